The molecule has 4 nitrogen and oxygen atoms in total. The van der Waals surface area contributed by atoms with Gasteiger partial charge in [0.25, 0.3) is 0 Å². The van der Waals surface area contributed by atoms with Crippen LogP contribution in [0.3, 0.4) is 0 Å². The lowest BCUT2D eigenvalue weighted by Crippen LogP contribution is -2.31. The fraction of sp³-hybridized carbons (Fsp3) is 0.533. The smallest absolute Gasteiger partial charge is 0.131 e. The van der Waals surface area contributed by atoms with Crippen LogP contribution < -0.4 is 0 Å². The lowest BCUT2D eigenvalue weighted by atomic mass is 10.1. The van der Waals surface area contributed by atoms with Crippen LogP contribution in [0.4, 0.5) is 0 Å². The van der Waals surface area contributed by atoms with Crippen molar-refractivity contribution in [2.75, 3.05) is 6.54 Å². The maximum atomic E-state index is 4.75. The zero-order chi connectivity index (χ0) is 14.1. The molecule has 20 heavy (non-hydrogen) atoms. The summed E-state index contributed by atoms with van der Waals surface area (Å²) in [6.07, 6.45) is 3.07. The summed E-state index contributed by atoms with van der Waals surface area (Å²) in [6, 6.07) is 0. The Kier molecular flexibility index (Phi) is 3.81. The number of aryl methyl sites for hydroxylation is 1. The Morgan fingerprint density at radius 2 is 2.20 bits per heavy atom. The van der Waals surface area contributed by atoms with E-state index >= 15 is 0 Å². The molecule has 2 aromatic heterocycles. The molecule has 1 aliphatic rings. The van der Waals surface area contributed by atoms with Gasteiger partial charge in [0.05, 0.1) is 16.9 Å². The van der Waals surface area contributed by atoms with Crippen molar-refractivity contribution in [3.63, 3.8) is 0 Å². The third-order valence-corrected chi connectivity index (χ3v) is 4.69. The molecule has 1 aliphatic heterocycles. The summed E-state index contributed by atoms with van der Waals surface area (Å²) in [7, 11) is 0. The van der Waals surface area contributed by atoms with Crippen molar-refractivity contribution < 1.29 is 0 Å². The van der Waals surface area contributed by atoms with Crippen molar-refractivity contribution in [3.05, 3.63) is 39.4 Å². The highest BCUT2D eigenvalue weighted by atomic mass is 32.1. The molecule has 5 heteroatoms. The van der Waals surface area contributed by atoms with E-state index in [0.29, 0.717) is 5.92 Å². The molecule has 0 unspecified atom stereocenters. The fourth-order valence-corrected chi connectivity index (χ4v) is 3.29. The quantitative estimate of drug-likeness (QED) is 0.871. The number of nitrogens with zero attached hydrogens (tertiary/aromatic N) is 4. The van der Waals surface area contributed by atoms with Crippen molar-refractivity contribution in [2.24, 2.45) is 0 Å². The molecular formula is C15H20N4S. The Hall–Kier alpha value is -1.33. The van der Waals surface area contributed by atoms with Gasteiger partial charge in [-0.2, -0.15) is 0 Å². The van der Waals surface area contributed by atoms with Crippen molar-refractivity contribution >= 4 is 11.3 Å². The number of rotatable bonds is 3. The van der Waals surface area contributed by atoms with Gasteiger partial charge in [-0.25, -0.2) is 15.0 Å². The van der Waals surface area contributed by atoms with Crippen LogP contribution in [0.5, 0.6) is 0 Å². The Bertz CT molecular complexity index is 606. The highest BCUT2D eigenvalue weighted by molar-refractivity contribution is 7.09. The van der Waals surface area contributed by atoms with E-state index < -0.39 is 0 Å². The summed E-state index contributed by atoms with van der Waals surface area (Å²) < 4.78 is 0. The summed E-state index contributed by atoms with van der Waals surface area (Å²) >= 11 is 1.75. The third kappa shape index (κ3) is 2.74. The average Bonchev–Trinajstić information content (AvgIpc) is 2.83. The summed E-state index contributed by atoms with van der Waals surface area (Å²) in [4.78, 5) is 17.4. The van der Waals surface area contributed by atoms with Gasteiger partial charge >= 0.3 is 0 Å². The van der Waals surface area contributed by atoms with Crippen molar-refractivity contribution in [2.45, 2.75) is 46.2 Å². The van der Waals surface area contributed by atoms with Crippen LogP contribution in [0.2, 0.25) is 0 Å². The first kappa shape index (κ1) is 13.6. The van der Waals surface area contributed by atoms with E-state index in [1.165, 1.54) is 16.1 Å². The molecule has 0 spiro atoms. The normalized spacial score (nSPS) is 15.6. The zero-order valence-corrected chi connectivity index (χ0v) is 13.1. The minimum absolute atomic E-state index is 0.388. The van der Waals surface area contributed by atoms with Crippen molar-refractivity contribution in [3.8, 4) is 0 Å². The molecule has 3 heterocycles. The predicted octanol–water partition coefficient (Wildman–Crippen LogP) is 2.92. The zero-order valence-electron chi connectivity index (χ0n) is 12.3. The highest BCUT2D eigenvalue weighted by Gasteiger charge is 2.20. The van der Waals surface area contributed by atoms with Crippen LogP contribution in [0, 0.1) is 6.92 Å². The predicted molar refractivity (Wildman–Crippen MR) is 80.8 cm³/mol. The van der Waals surface area contributed by atoms with Crippen LogP contribution in [0.25, 0.3) is 0 Å². The van der Waals surface area contributed by atoms with Gasteiger partial charge in [0.2, 0.25) is 0 Å². The molecule has 3 rings (SSSR count). The molecule has 0 saturated carbocycles. The maximum Gasteiger partial charge on any atom is 0.131 e. The molecule has 0 saturated heterocycles. The molecule has 0 amide bonds. The van der Waals surface area contributed by atoms with E-state index in [-0.39, 0.29) is 0 Å². The Balaban J connectivity index is 1.77. The summed E-state index contributed by atoms with van der Waals surface area (Å²) in [5, 5.41) is 0. The van der Waals surface area contributed by atoms with Crippen LogP contribution >= 0.6 is 11.3 Å². The molecule has 0 atom stereocenters. The number of hydrogen-bond acceptors (Lipinski definition) is 5. The van der Waals surface area contributed by atoms with Gasteiger partial charge in [0, 0.05) is 36.6 Å². The summed E-state index contributed by atoms with van der Waals surface area (Å²) in [5.74, 6) is 1.35. The van der Waals surface area contributed by atoms with E-state index in [9.17, 15) is 0 Å². The van der Waals surface area contributed by atoms with Gasteiger partial charge in [0.1, 0.15) is 5.82 Å². The van der Waals surface area contributed by atoms with Crippen LogP contribution in [0.1, 0.15) is 47.4 Å². The second-order valence-electron chi connectivity index (χ2n) is 5.68. The van der Waals surface area contributed by atoms with E-state index in [1.807, 2.05) is 11.7 Å². The van der Waals surface area contributed by atoms with Crippen molar-refractivity contribution in [1.82, 2.24) is 19.9 Å². The summed E-state index contributed by atoms with van der Waals surface area (Å²) in [5.41, 5.74) is 5.61. The highest BCUT2D eigenvalue weighted by Crippen LogP contribution is 2.22. The first-order chi connectivity index (χ1) is 9.63. The lowest BCUT2D eigenvalue weighted by Gasteiger charge is -2.27. The molecule has 106 valence electrons. The second-order valence-corrected chi connectivity index (χ2v) is 6.62. The SMILES string of the molecule is Cc1ncsc1CN1CCc2cnc(C(C)C)nc2C1. The van der Waals surface area contributed by atoms with Gasteiger partial charge in [-0.3, -0.25) is 4.90 Å². The maximum absolute atomic E-state index is 4.75. The minimum Gasteiger partial charge on any atom is -0.292 e. The average molecular weight is 288 g/mol. The summed E-state index contributed by atoms with van der Waals surface area (Å²) in [6.45, 7) is 9.36. The minimum atomic E-state index is 0.388. The van der Waals surface area contributed by atoms with E-state index in [2.05, 4.69) is 35.6 Å². The monoisotopic (exact) mass is 288 g/mol. The molecule has 0 aromatic carbocycles. The largest absolute Gasteiger partial charge is 0.292 e. The first-order valence-corrected chi connectivity index (χ1v) is 7.97. The Labute approximate surface area is 123 Å². The number of aromatic nitrogens is 3. The Morgan fingerprint density at radius 1 is 1.35 bits per heavy atom. The van der Waals surface area contributed by atoms with Crippen molar-refractivity contribution in [1.29, 1.82) is 0 Å². The van der Waals surface area contributed by atoms with E-state index in [1.54, 1.807) is 11.3 Å². The topological polar surface area (TPSA) is 41.9 Å². The molecular weight excluding hydrogens is 268 g/mol. The van der Waals surface area contributed by atoms with Gasteiger partial charge in [-0.15, -0.1) is 11.3 Å². The lowest BCUT2D eigenvalue weighted by molar-refractivity contribution is 0.242. The third-order valence-electron chi connectivity index (χ3n) is 3.77. The molecule has 0 aliphatic carbocycles. The van der Waals surface area contributed by atoms with E-state index in [4.69, 9.17) is 4.98 Å². The molecule has 0 radical (unpaired) electrons. The van der Waals surface area contributed by atoms with Gasteiger partial charge in [0.15, 0.2) is 0 Å². The number of thiazole rings is 1. The van der Waals surface area contributed by atoms with Crippen LogP contribution in [0.15, 0.2) is 11.7 Å². The van der Waals surface area contributed by atoms with Gasteiger partial charge in [-0.05, 0) is 18.9 Å². The number of fused-ring (bicyclic) bond motifs is 1. The van der Waals surface area contributed by atoms with E-state index in [0.717, 1.165) is 37.6 Å². The van der Waals surface area contributed by atoms with Crippen LogP contribution in [-0.2, 0) is 19.5 Å². The molecule has 0 fully saturated rings. The number of hydrogen-bond donors (Lipinski definition) is 0. The Morgan fingerprint density at radius 3 is 2.90 bits per heavy atom. The first-order valence-electron chi connectivity index (χ1n) is 7.09. The second kappa shape index (κ2) is 5.58. The van der Waals surface area contributed by atoms with Gasteiger partial charge < -0.3 is 0 Å². The van der Waals surface area contributed by atoms with Gasteiger partial charge in [-0.1, -0.05) is 13.8 Å². The molecule has 0 bridgehead atoms. The molecule has 0 N–H and O–H groups in total. The standard InChI is InChI=1S/C15H20N4S/c1-10(2)15-16-6-12-4-5-19(7-13(12)18-15)8-14-11(3)17-9-20-14/h6,9-10H,4-5,7-8H2,1-3H3. The fourth-order valence-electron chi connectivity index (χ4n) is 2.47. The van der Waals surface area contributed by atoms with Crippen LogP contribution in [-0.4, -0.2) is 26.4 Å². The molecule has 2 aromatic rings.